The van der Waals surface area contributed by atoms with Gasteiger partial charge in [-0.05, 0) is 50.1 Å². The molecule has 0 atom stereocenters. The minimum atomic E-state index is -0.667. The van der Waals surface area contributed by atoms with Gasteiger partial charge in [-0.15, -0.1) is 0 Å². The van der Waals surface area contributed by atoms with E-state index in [1.165, 1.54) is 0 Å². The summed E-state index contributed by atoms with van der Waals surface area (Å²) in [5, 5.41) is 3.91. The van der Waals surface area contributed by atoms with Gasteiger partial charge in [-0.2, -0.15) is 0 Å². The summed E-state index contributed by atoms with van der Waals surface area (Å²) < 4.78 is 5.32. The van der Waals surface area contributed by atoms with Crippen LogP contribution in [0.5, 0.6) is 0 Å². The van der Waals surface area contributed by atoms with E-state index in [1.807, 2.05) is 50.2 Å². The molecule has 1 amide bonds. The molecule has 1 heterocycles. The molecular weight excluding hydrogens is 364 g/mol. The van der Waals surface area contributed by atoms with Crippen LogP contribution in [0, 0.1) is 0 Å². The Labute approximate surface area is 164 Å². The number of carbonyl (C=O) groups excluding carboxylic acids is 2. The van der Waals surface area contributed by atoms with Crippen molar-refractivity contribution in [3.05, 3.63) is 59.1 Å². The molecule has 0 saturated carbocycles. The number of carbonyl (C=O) groups is 2. The number of esters is 1. The highest BCUT2D eigenvalue weighted by molar-refractivity contribution is 6.30. The van der Waals surface area contributed by atoms with Crippen LogP contribution >= 0.6 is 11.6 Å². The topological polar surface area (TPSA) is 58.6 Å². The van der Waals surface area contributed by atoms with Gasteiger partial charge in [0.15, 0.2) is 0 Å². The number of para-hydroxylation sites is 2. The number of hydrogen-bond donors (Lipinski definition) is 1. The number of nitrogens with one attached hydrogen (secondary N) is 1. The van der Waals surface area contributed by atoms with E-state index in [4.69, 9.17) is 16.3 Å². The summed E-state index contributed by atoms with van der Waals surface area (Å²) in [4.78, 5) is 26.5. The summed E-state index contributed by atoms with van der Waals surface area (Å²) in [7, 11) is 0. The van der Waals surface area contributed by atoms with Crippen molar-refractivity contribution in [3.8, 4) is 0 Å². The van der Waals surface area contributed by atoms with Crippen LogP contribution in [0.3, 0.4) is 0 Å². The Bertz CT molecular complexity index is 834. The lowest BCUT2D eigenvalue weighted by Gasteiger charge is -2.40. The number of halogens is 1. The normalized spacial score (nSPS) is 15.1. The van der Waals surface area contributed by atoms with Gasteiger partial charge in [0.25, 0.3) is 5.91 Å². The highest BCUT2D eigenvalue weighted by Crippen LogP contribution is 2.34. The molecule has 1 aliphatic heterocycles. The van der Waals surface area contributed by atoms with Crippen LogP contribution in [0.1, 0.15) is 25.8 Å². The Morgan fingerprint density at radius 3 is 2.59 bits per heavy atom. The summed E-state index contributed by atoms with van der Waals surface area (Å²) in [6.45, 7) is 4.50. The van der Waals surface area contributed by atoms with E-state index in [1.54, 1.807) is 17.0 Å². The predicted octanol–water partition coefficient (Wildman–Crippen LogP) is 4.05. The number of benzene rings is 2. The molecule has 3 rings (SSSR count). The fraction of sp³-hybridized carbons (Fsp3) is 0.333. The van der Waals surface area contributed by atoms with E-state index in [9.17, 15) is 9.59 Å². The van der Waals surface area contributed by atoms with Crippen LogP contribution in [-0.2, 0) is 20.7 Å². The first kappa shape index (κ1) is 19.2. The number of nitrogens with zero attached hydrogens (tertiary/aromatic N) is 1. The monoisotopic (exact) mass is 386 g/mol. The van der Waals surface area contributed by atoms with Gasteiger partial charge in [0.05, 0.1) is 24.4 Å². The first-order valence-electron chi connectivity index (χ1n) is 8.96. The van der Waals surface area contributed by atoms with Crippen molar-refractivity contribution < 1.29 is 14.3 Å². The number of ether oxygens (including phenoxy) is 1. The predicted molar refractivity (Wildman–Crippen MR) is 107 cm³/mol. The zero-order valence-electron chi connectivity index (χ0n) is 15.5. The van der Waals surface area contributed by atoms with E-state index in [0.29, 0.717) is 18.0 Å². The van der Waals surface area contributed by atoms with Crippen molar-refractivity contribution in [1.29, 1.82) is 0 Å². The van der Waals surface area contributed by atoms with Crippen molar-refractivity contribution >= 4 is 34.9 Å². The average molecular weight is 387 g/mol. The van der Waals surface area contributed by atoms with E-state index >= 15 is 0 Å². The summed E-state index contributed by atoms with van der Waals surface area (Å²) >= 11 is 5.84. The zero-order valence-corrected chi connectivity index (χ0v) is 16.3. The number of fused-ring (bicyclic) bond motifs is 1. The Kier molecular flexibility index (Phi) is 5.71. The SMILES string of the molecule is CC1(C)Nc2ccccc2N(CCCOC(=O)Cc2ccc(Cl)cc2)C1=O. The maximum atomic E-state index is 12.8. The van der Waals surface area contributed by atoms with Crippen LogP contribution in [0.15, 0.2) is 48.5 Å². The lowest BCUT2D eigenvalue weighted by Crippen LogP contribution is -2.54. The molecule has 5 nitrogen and oxygen atoms in total. The number of rotatable bonds is 6. The van der Waals surface area contributed by atoms with E-state index < -0.39 is 5.54 Å². The lowest BCUT2D eigenvalue weighted by molar-refractivity contribution is -0.142. The van der Waals surface area contributed by atoms with Crippen molar-refractivity contribution in [2.24, 2.45) is 0 Å². The molecule has 0 fully saturated rings. The Morgan fingerprint density at radius 2 is 1.85 bits per heavy atom. The summed E-state index contributed by atoms with van der Waals surface area (Å²) in [6, 6.07) is 14.8. The Balaban J connectivity index is 1.53. The molecule has 0 spiro atoms. The third-order valence-electron chi connectivity index (χ3n) is 4.47. The van der Waals surface area contributed by atoms with Gasteiger partial charge in [0, 0.05) is 11.6 Å². The van der Waals surface area contributed by atoms with Gasteiger partial charge in [0.2, 0.25) is 0 Å². The van der Waals surface area contributed by atoms with Gasteiger partial charge in [-0.25, -0.2) is 0 Å². The first-order valence-corrected chi connectivity index (χ1v) is 9.34. The van der Waals surface area contributed by atoms with E-state index in [2.05, 4.69) is 5.32 Å². The highest BCUT2D eigenvalue weighted by Gasteiger charge is 2.38. The zero-order chi connectivity index (χ0) is 19.4. The second-order valence-electron chi connectivity index (χ2n) is 7.10. The third kappa shape index (κ3) is 4.61. The van der Waals surface area contributed by atoms with Crippen LogP contribution in [-0.4, -0.2) is 30.6 Å². The summed E-state index contributed by atoms with van der Waals surface area (Å²) in [5.74, 6) is -0.279. The smallest absolute Gasteiger partial charge is 0.310 e. The van der Waals surface area contributed by atoms with Crippen LogP contribution in [0.25, 0.3) is 0 Å². The fourth-order valence-electron chi connectivity index (χ4n) is 3.10. The number of anilines is 2. The molecular formula is C21H23ClN2O3. The van der Waals surface area contributed by atoms with Crippen molar-refractivity contribution in [3.63, 3.8) is 0 Å². The molecule has 1 N–H and O–H groups in total. The van der Waals surface area contributed by atoms with Crippen LogP contribution < -0.4 is 10.2 Å². The molecule has 1 aliphatic rings. The second kappa shape index (κ2) is 8.01. The molecule has 0 radical (unpaired) electrons. The number of hydrogen-bond acceptors (Lipinski definition) is 4. The maximum absolute atomic E-state index is 12.8. The maximum Gasteiger partial charge on any atom is 0.310 e. The van der Waals surface area contributed by atoms with Crippen molar-refractivity contribution in [2.75, 3.05) is 23.4 Å². The molecule has 0 aromatic heterocycles. The molecule has 0 unspecified atom stereocenters. The van der Waals surface area contributed by atoms with Gasteiger partial charge in [0.1, 0.15) is 5.54 Å². The minimum Gasteiger partial charge on any atom is -0.465 e. The summed E-state index contributed by atoms with van der Waals surface area (Å²) in [5.41, 5.74) is 1.98. The number of amides is 1. The van der Waals surface area contributed by atoms with Gasteiger partial charge in [-0.1, -0.05) is 35.9 Å². The van der Waals surface area contributed by atoms with E-state index in [-0.39, 0.29) is 24.9 Å². The lowest BCUT2D eigenvalue weighted by atomic mass is 9.98. The van der Waals surface area contributed by atoms with Crippen molar-refractivity contribution in [2.45, 2.75) is 32.2 Å². The first-order chi connectivity index (χ1) is 12.9. The summed E-state index contributed by atoms with van der Waals surface area (Å²) in [6.07, 6.45) is 0.780. The third-order valence-corrected chi connectivity index (χ3v) is 4.72. The van der Waals surface area contributed by atoms with Gasteiger partial charge >= 0.3 is 5.97 Å². The Hall–Kier alpha value is -2.53. The quantitative estimate of drug-likeness (QED) is 0.601. The molecule has 27 heavy (non-hydrogen) atoms. The molecule has 6 heteroatoms. The molecule has 2 aromatic carbocycles. The standard InChI is InChI=1S/C21H23ClN2O3/c1-21(2)20(26)24(18-7-4-3-6-17(18)23-21)12-5-13-27-19(25)14-15-8-10-16(22)11-9-15/h3-4,6-11,23H,5,12-14H2,1-2H3. The van der Waals surface area contributed by atoms with Gasteiger partial charge in [-0.3, -0.25) is 9.59 Å². The molecule has 0 aliphatic carbocycles. The molecule has 0 saturated heterocycles. The average Bonchev–Trinajstić information content (AvgIpc) is 2.63. The second-order valence-corrected chi connectivity index (χ2v) is 7.54. The Morgan fingerprint density at radius 1 is 1.15 bits per heavy atom. The van der Waals surface area contributed by atoms with Crippen molar-refractivity contribution in [1.82, 2.24) is 0 Å². The van der Waals surface area contributed by atoms with Crippen LogP contribution in [0.2, 0.25) is 5.02 Å². The largest absolute Gasteiger partial charge is 0.465 e. The fourth-order valence-corrected chi connectivity index (χ4v) is 3.23. The van der Waals surface area contributed by atoms with Gasteiger partial charge < -0.3 is 15.0 Å². The molecule has 142 valence electrons. The van der Waals surface area contributed by atoms with Crippen LogP contribution in [0.4, 0.5) is 11.4 Å². The van der Waals surface area contributed by atoms with E-state index in [0.717, 1.165) is 16.9 Å². The molecule has 2 aromatic rings. The molecule has 0 bridgehead atoms. The highest BCUT2D eigenvalue weighted by atomic mass is 35.5. The minimum absolute atomic E-state index is 0.00805.